The van der Waals surface area contributed by atoms with Crippen molar-refractivity contribution in [2.45, 2.75) is 13.5 Å². The van der Waals surface area contributed by atoms with Gasteiger partial charge in [0.15, 0.2) is 0 Å². The summed E-state index contributed by atoms with van der Waals surface area (Å²) in [4.78, 5) is 16.5. The van der Waals surface area contributed by atoms with E-state index in [1.165, 1.54) is 12.0 Å². The lowest BCUT2D eigenvalue weighted by Gasteiger charge is -2.19. The molecule has 0 aliphatic rings. The Hall–Kier alpha value is -0.870. The molecule has 0 saturated heterocycles. The molecule has 0 aliphatic carbocycles. The second kappa shape index (κ2) is 6.58. The smallest absolute Gasteiger partial charge is 0.243 e. The highest BCUT2D eigenvalue weighted by Crippen LogP contribution is 2.03. The van der Waals surface area contributed by atoms with Crippen molar-refractivity contribution in [2.24, 2.45) is 0 Å². The van der Waals surface area contributed by atoms with E-state index in [0.29, 0.717) is 18.5 Å². The Kier molecular flexibility index (Phi) is 5.36. The van der Waals surface area contributed by atoms with Gasteiger partial charge in [0, 0.05) is 12.3 Å². The maximum absolute atomic E-state index is 11.1. The number of alkyl halides is 1. The van der Waals surface area contributed by atoms with Crippen LogP contribution in [0, 0.1) is 0 Å². The number of hydroxylamine groups is 2. The summed E-state index contributed by atoms with van der Waals surface area (Å²) in [6.07, 6.45) is 0. The van der Waals surface area contributed by atoms with E-state index in [1.54, 1.807) is 0 Å². The zero-order valence-corrected chi connectivity index (χ0v) is 10.2. The molecule has 3 nitrogen and oxygen atoms in total. The molecule has 1 rings (SSSR count). The van der Waals surface area contributed by atoms with Crippen LogP contribution in [0.2, 0.25) is 0 Å². The van der Waals surface area contributed by atoms with E-state index < -0.39 is 0 Å². The molecule has 82 valence electrons. The summed E-state index contributed by atoms with van der Waals surface area (Å²) >= 11 is 3.27. The van der Waals surface area contributed by atoms with Gasteiger partial charge in [-0.1, -0.05) is 46.3 Å². The minimum atomic E-state index is -0.0784. The number of hydrogen-bond donors (Lipinski definition) is 0. The molecule has 0 aliphatic heterocycles. The summed E-state index contributed by atoms with van der Waals surface area (Å²) in [7, 11) is 0. The first kappa shape index (κ1) is 12.2. The van der Waals surface area contributed by atoms with Crippen molar-refractivity contribution in [3.8, 4) is 0 Å². The molecular formula is C11H14BrNO2. The molecule has 0 unspecified atom stereocenters. The zero-order chi connectivity index (χ0) is 11.1. The number of hydrogen-bond acceptors (Lipinski definition) is 2. The molecule has 0 N–H and O–H groups in total. The predicted molar refractivity (Wildman–Crippen MR) is 62.4 cm³/mol. The third-order valence-corrected chi connectivity index (χ3v) is 2.22. The minimum Gasteiger partial charge on any atom is -0.273 e. The number of nitrogens with zero attached hydrogens (tertiary/aromatic N) is 1. The van der Waals surface area contributed by atoms with Gasteiger partial charge in [-0.15, -0.1) is 0 Å². The maximum Gasteiger partial charge on any atom is 0.243 e. The molecule has 1 aromatic rings. The van der Waals surface area contributed by atoms with Crippen LogP contribution in [0.15, 0.2) is 30.3 Å². The van der Waals surface area contributed by atoms with Crippen molar-refractivity contribution >= 4 is 21.8 Å². The van der Waals surface area contributed by atoms with Gasteiger partial charge in [-0.25, -0.2) is 5.06 Å². The highest BCUT2D eigenvalue weighted by atomic mass is 79.9. The Bertz CT molecular complexity index is 303. The molecule has 0 radical (unpaired) electrons. The summed E-state index contributed by atoms with van der Waals surface area (Å²) in [5.74, 6) is -0.0784. The van der Waals surface area contributed by atoms with Gasteiger partial charge in [0.05, 0.1) is 6.54 Å². The largest absolute Gasteiger partial charge is 0.273 e. The monoisotopic (exact) mass is 271 g/mol. The first-order valence-electron chi connectivity index (χ1n) is 4.75. The van der Waals surface area contributed by atoms with Gasteiger partial charge in [-0.2, -0.15) is 0 Å². The fourth-order valence-corrected chi connectivity index (χ4v) is 1.44. The molecule has 0 aromatic heterocycles. The van der Waals surface area contributed by atoms with E-state index in [-0.39, 0.29) is 5.91 Å². The Labute approximate surface area is 98.1 Å². The number of halogens is 1. The van der Waals surface area contributed by atoms with Crippen molar-refractivity contribution < 1.29 is 9.63 Å². The van der Waals surface area contributed by atoms with Crippen LogP contribution in [-0.4, -0.2) is 22.8 Å². The molecule has 4 heteroatoms. The number of carbonyl (C=O) groups is 1. The van der Waals surface area contributed by atoms with Crippen LogP contribution in [0.25, 0.3) is 0 Å². The first-order valence-corrected chi connectivity index (χ1v) is 5.87. The van der Waals surface area contributed by atoms with Crippen LogP contribution in [0.5, 0.6) is 0 Å². The average Bonchev–Trinajstić information content (AvgIpc) is 2.25. The number of rotatable bonds is 5. The Morgan fingerprint density at radius 2 is 2.07 bits per heavy atom. The highest BCUT2D eigenvalue weighted by molar-refractivity contribution is 9.09. The molecule has 0 fully saturated rings. The molecule has 0 heterocycles. The van der Waals surface area contributed by atoms with Crippen LogP contribution in [0.3, 0.4) is 0 Å². The van der Waals surface area contributed by atoms with Crippen molar-refractivity contribution in [2.75, 3.05) is 11.9 Å². The highest BCUT2D eigenvalue weighted by Gasteiger charge is 2.07. The topological polar surface area (TPSA) is 29.5 Å². The van der Waals surface area contributed by atoms with E-state index in [1.807, 2.05) is 30.3 Å². The minimum absolute atomic E-state index is 0.0784. The quantitative estimate of drug-likeness (QED) is 0.608. The van der Waals surface area contributed by atoms with Crippen molar-refractivity contribution in [1.82, 2.24) is 5.06 Å². The number of benzene rings is 1. The summed E-state index contributed by atoms with van der Waals surface area (Å²) in [6, 6.07) is 9.77. The van der Waals surface area contributed by atoms with Crippen LogP contribution in [0.1, 0.15) is 12.5 Å². The molecule has 0 saturated carbocycles. The molecule has 1 aromatic carbocycles. The van der Waals surface area contributed by atoms with E-state index in [2.05, 4.69) is 15.9 Å². The number of amides is 1. The maximum atomic E-state index is 11.1. The lowest BCUT2D eigenvalue weighted by atomic mass is 10.2. The third kappa shape index (κ3) is 4.44. The molecule has 0 bridgehead atoms. The summed E-state index contributed by atoms with van der Waals surface area (Å²) < 4.78 is 0. The molecule has 1 amide bonds. The van der Waals surface area contributed by atoms with Gasteiger partial charge in [-0.05, 0) is 5.56 Å². The van der Waals surface area contributed by atoms with Gasteiger partial charge >= 0.3 is 0 Å². The van der Waals surface area contributed by atoms with Gasteiger partial charge in [-0.3, -0.25) is 9.63 Å². The van der Waals surface area contributed by atoms with E-state index in [4.69, 9.17) is 4.84 Å². The van der Waals surface area contributed by atoms with Crippen LogP contribution < -0.4 is 0 Å². The van der Waals surface area contributed by atoms with E-state index >= 15 is 0 Å². The average molecular weight is 272 g/mol. The van der Waals surface area contributed by atoms with Crippen molar-refractivity contribution in [1.29, 1.82) is 0 Å². The van der Waals surface area contributed by atoms with Gasteiger partial charge in [0.2, 0.25) is 5.91 Å². The second-order valence-electron chi connectivity index (χ2n) is 3.07. The van der Waals surface area contributed by atoms with Gasteiger partial charge in [0.1, 0.15) is 6.61 Å². The predicted octanol–water partition coefficient (Wildman–Crippen LogP) is 2.36. The Morgan fingerprint density at radius 3 is 2.60 bits per heavy atom. The molecule has 0 spiro atoms. The van der Waals surface area contributed by atoms with Crippen LogP contribution in [-0.2, 0) is 16.2 Å². The first-order chi connectivity index (χ1) is 7.24. The fraction of sp³-hybridized carbons (Fsp3) is 0.364. The lowest BCUT2D eigenvalue weighted by molar-refractivity contribution is -0.187. The molecule has 15 heavy (non-hydrogen) atoms. The SMILES string of the molecule is CC(=O)N(CCBr)OCc1ccccc1. The second-order valence-corrected chi connectivity index (χ2v) is 3.86. The Balaban J connectivity index is 2.43. The van der Waals surface area contributed by atoms with E-state index in [9.17, 15) is 4.79 Å². The van der Waals surface area contributed by atoms with Crippen LogP contribution >= 0.6 is 15.9 Å². The summed E-state index contributed by atoms with van der Waals surface area (Å²) in [6.45, 7) is 2.48. The fourth-order valence-electron chi connectivity index (χ4n) is 1.12. The van der Waals surface area contributed by atoms with Crippen molar-refractivity contribution in [3.63, 3.8) is 0 Å². The van der Waals surface area contributed by atoms with Crippen LogP contribution in [0.4, 0.5) is 0 Å². The third-order valence-electron chi connectivity index (χ3n) is 1.87. The number of carbonyl (C=O) groups excluding carboxylic acids is 1. The molecule has 0 atom stereocenters. The summed E-state index contributed by atoms with van der Waals surface area (Å²) in [5.41, 5.74) is 1.05. The van der Waals surface area contributed by atoms with Gasteiger partial charge < -0.3 is 0 Å². The molecular weight excluding hydrogens is 258 g/mol. The summed E-state index contributed by atoms with van der Waals surface area (Å²) in [5, 5.41) is 2.07. The Morgan fingerprint density at radius 1 is 1.40 bits per heavy atom. The lowest BCUT2D eigenvalue weighted by Crippen LogP contribution is -2.30. The van der Waals surface area contributed by atoms with Gasteiger partial charge in [0.25, 0.3) is 0 Å². The van der Waals surface area contributed by atoms with E-state index in [0.717, 1.165) is 5.56 Å². The normalized spacial score (nSPS) is 10.0. The zero-order valence-electron chi connectivity index (χ0n) is 8.65. The standard InChI is InChI=1S/C11H14BrNO2/c1-10(14)13(8-7-12)15-9-11-5-3-2-4-6-11/h2-6H,7-9H2,1H3. The van der Waals surface area contributed by atoms with Crippen molar-refractivity contribution in [3.05, 3.63) is 35.9 Å².